The Kier molecular flexibility index (Phi) is 4.22. The molecular weight excluding hydrogens is 266 g/mol. The zero-order chi connectivity index (χ0) is 14.8. The molecule has 21 heavy (non-hydrogen) atoms. The molecule has 0 saturated carbocycles. The van der Waals surface area contributed by atoms with E-state index in [0.717, 1.165) is 26.1 Å². The highest BCUT2D eigenvalue weighted by molar-refractivity contribution is 5.80. The van der Waals surface area contributed by atoms with Gasteiger partial charge in [-0.1, -0.05) is 6.07 Å². The Labute approximate surface area is 125 Å². The number of likely N-dealkylation sites (tertiary alicyclic amines) is 1. The third kappa shape index (κ3) is 3.41. The second-order valence-corrected chi connectivity index (χ2v) is 6.36. The summed E-state index contributed by atoms with van der Waals surface area (Å²) >= 11 is 0. The Balaban J connectivity index is 1.61. The lowest BCUT2D eigenvalue weighted by molar-refractivity contribution is -0.128. The molecule has 2 saturated heterocycles. The van der Waals surface area contributed by atoms with Crippen LogP contribution in [0.1, 0.15) is 25.8 Å². The Hall–Kier alpha value is -1.46. The van der Waals surface area contributed by atoms with Crippen molar-refractivity contribution in [1.29, 1.82) is 0 Å². The number of nitrogens with zero attached hydrogens (tertiary/aromatic N) is 2. The highest BCUT2D eigenvalue weighted by Gasteiger charge is 2.44. The summed E-state index contributed by atoms with van der Waals surface area (Å²) in [5.74, 6) is 0.136. The van der Waals surface area contributed by atoms with Crippen LogP contribution < -0.4 is 5.32 Å². The topological polar surface area (TPSA) is 54.5 Å². The van der Waals surface area contributed by atoms with E-state index in [0.29, 0.717) is 0 Å². The average Bonchev–Trinajstić information content (AvgIpc) is 2.74. The number of carbonyl (C=O) groups is 1. The summed E-state index contributed by atoms with van der Waals surface area (Å²) in [7, 11) is 0. The predicted molar refractivity (Wildman–Crippen MR) is 79.6 cm³/mol. The zero-order valence-electron chi connectivity index (χ0n) is 12.7. The van der Waals surface area contributed by atoms with Gasteiger partial charge in [0.2, 0.25) is 5.91 Å². The van der Waals surface area contributed by atoms with Crippen LogP contribution in [-0.4, -0.2) is 47.1 Å². The number of pyridine rings is 1. The zero-order valence-corrected chi connectivity index (χ0v) is 12.7. The molecule has 5 heteroatoms. The monoisotopic (exact) mass is 289 g/mol. The SMILES string of the molecule is CC(C)NC(=O)C1CC2CN(Cc3cccnc3)CC1O2. The van der Waals surface area contributed by atoms with Crippen molar-refractivity contribution in [3.63, 3.8) is 0 Å². The van der Waals surface area contributed by atoms with Gasteiger partial charge in [-0.15, -0.1) is 0 Å². The third-order valence-electron chi connectivity index (χ3n) is 4.13. The van der Waals surface area contributed by atoms with Gasteiger partial charge in [0.25, 0.3) is 0 Å². The quantitative estimate of drug-likeness (QED) is 0.905. The first-order valence-corrected chi connectivity index (χ1v) is 7.69. The summed E-state index contributed by atoms with van der Waals surface area (Å²) < 4.78 is 5.96. The van der Waals surface area contributed by atoms with Gasteiger partial charge in [0.1, 0.15) is 0 Å². The first kappa shape index (κ1) is 14.5. The van der Waals surface area contributed by atoms with Crippen molar-refractivity contribution in [3.05, 3.63) is 30.1 Å². The van der Waals surface area contributed by atoms with Crippen LogP contribution in [0.4, 0.5) is 0 Å². The van der Waals surface area contributed by atoms with Crippen molar-refractivity contribution in [2.75, 3.05) is 13.1 Å². The molecule has 0 aliphatic carbocycles. The lowest BCUT2D eigenvalue weighted by Gasteiger charge is -2.32. The number of amides is 1. The largest absolute Gasteiger partial charge is 0.371 e. The Morgan fingerprint density at radius 3 is 3.10 bits per heavy atom. The number of hydrogen-bond donors (Lipinski definition) is 1. The van der Waals surface area contributed by atoms with Crippen LogP contribution in [0.25, 0.3) is 0 Å². The molecule has 2 fully saturated rings. The molecule has 1 amide bonds. The van der Waals surface area contributed by atoms with Crippen LogP contribution in [0.3, 0.4) is 0 Å². The van der Waals surface area contributed by atoms with E-state index in [9.17, 15) is 4.79 Å². The number of fused-ring (bicyclic) bond motifs is 2. The summed E-state index contributed by atoms with van der Waals surface area (Å²) in [6.45, 7) is 6.59. The Bertz CT molecular complexity index is 492. The van der Waals surface area contributed by atoms with Gasteiger partial charge in [0.15, 0.2) is 0 Å². The van der Waals surface area contributed by atoms with Gasteiger partial charge in [0, 0.05) is 38.1 Å². The van der Waals surface area contributed by atoms with E-state index in [-0.39, 0.29) is 30.1 Å². The molecule has 5 nitrogen and oxygen atoms in total. The van der Waals surface area contributed by atoms with Crippen LogP contribution in [-0.2, 0) is 16.1 Å². The molecule has 3 atom stereocenters. The molecule has 2 aliphatic rings. The minimum Gasteiger partial charge on any atom is -0.371 e. The molecule has 3 unspecified atom stereocenters. The molecule has 1 aromatic rings. The second-order valence-electron chi connectivity index (χ2n) is 6.36. The standard InChI is InChI=1S/C16H23N3O2/c1-11(2)18-16(20)14-6-13-9-19(10-15(14)21-13)8-12-4-3-5-17-7-12/h3-5,7,11,13-15H,6,8-10H2,1-2H3,(H,18,20). The van der Waals surface area contributed by atoms with Crippen molar-refractivity contribution in [2.24, 2.45) is 5.92 Å². The van der Waals surface area contributed by atoms with Gasteiger partial charge in [-0.05, 0) is 31.9 Å². The maximum atomic E-state index is 12.2. The summed E-state index contributed by atoms with van der Waals surface area (Å²) in [6.07, 6.45) is 4.74. The maximum absolute atomic E-state index is 12.2. The van der Waals surface area contributed by atoms with Crippen molar-refractivity contribution in [3.8, 4) is 0 Å². The van der Waals surface area contributed by atoms with Crippen molar-refractivity contribution < 1.29 is 9.53 Å². The number of aromatic nitrogens is 1. The van der Waals surface area contributed by atoms with Crippen LogP contribution >= 0.6 is 0 Å². The summed E-state index contributed by atoms with van der Waals surface area (Å²) in [5, 5.41) is 3.01. The van der Waals surface area contributed by atoms with E-state index in [1.807, 2.05) is 26.1 Å². The van der Waals surface area contributed by atoms with Gasteiger partial charge < -0.3 is 10.1 Å². The molecular formula is C16H23N3O2. The molecule has 0 aromatic carbocycles. The van der Waals surface area contributed by atoms with E-state index < -0.39 is 0 Å². The third-order valence-corrected chi connectivity index (χ3v) is 4.13. The van der Waals surface area contributed by atoms with Gasteiger partial charge in [-0.2, -0.15) is 0 Å². The molecule has 2 bridgehead atoms. The van der Waals surface area contributed by atoms with Crippen LogP contribution in [0, 0.1) is 5.92 Å². The van der Waals surface area contributed by atoms with Gasteiger partial charge in [0.05, 0.1) is 18.1 Å². The molecule has 3 heterocycles. The van der Waals surface area contributed by atoms with Gasteiger partial charge in [-0.3, -0.25) is 14.7 Å². The van der Waals surface area contributed by atoms with Gasteiger partial charge >= 0.3 is 0 Å². The van der Waals surface area contributed by atoms with Crippen LogP contribution in [0.5, 0.6) is 0 Å². The van der Waals surface area contributed by atoms with Gasteiger partial charge in [-0.25, -0.2) is 0 Å². The number of hydrogen-bond acceptors (Lipinski definition) is 4. The highest BCUT2D eigenvalue weighted by Crippen LogP contribution is 2.32. The minimum absolute atomic E-state index is 0.00343. The van der Waals surface area contributed by atoms with Crippen molar-refractivity contribution in [1.82, 2.24) is 15.2 Å². The molecule has 0 spiro atoms. The molecule has 2 aliphatic heterocycles. The van der Waals surface area contributed by atoms with Crippen LogP contribution in [0.15, 0.2) is 24.5 Å². The Morgan fingerprint density at radius 2 is 2.38 bits per heavy atom. The second kappa shape index (κ2) is 6.12. The van der Waals surface area contributed by atoms with E-state index >= 15 is 0 Å². The normalized spacial score (nSPS) is 28.8. The lowest BCUT2D eigenvalue weighted by Crippen LogP contribution is -2.45. The first-order valence-electron chi connectivity index (χ1n) is 7.69. The van der Waals surface area contributed by atoms with E-state index in [4.69, 9.17) is 4.74 Å². The lowest BCUT2D eigenvalue weighted by atomic mass is 9.99. The van der Waals surface area contributed by atoms with E-state index in [1.54, 1.807) is 6.20 Å². The summed E-state index contributed by atoms with van der Waals surface area (Å²) in [6, 6.07) is 4.24. The predicted octanol–water partition coefficient (Wildman–Crippen LogP) is 1.20. The molecule has 114 valence electrons. The maximum Gasteiger partial charge on any atom is 0.226 e. The average molecular weight is 289 g/mol. The van der Waals surface area contributed by atoms with Crippen molar-refractivity contribution in [2.45, 2.75) is 45.1 Å². The fourth-order valence-electron chi connectivity index (χ4n) is 3.28. The van der Waals surface area contributed by atoms with E-state index in [2.05, 4.69) is 21.3 Å². The first-order chi connectivity index (χ1) is 10.1. The fraction of sp³-hybridized carbons (Fsp3) is 0.625. The fourth-order valence-corrected chi connectivity index (χ4v) is 3.28. The Morgan fingerprint density at radius 1 is 1.52 bits per heavy atom. The summed E-state index contributed by atoms with van der Waals surface area (Å²) in [4.78, 5) is 18.8. The number of morpholine rings is 1. The molecule has 3 rings (SSSR count). The van der Waals surface area contributed by atoms with Crippen molar-refractivity contribution >= 4 is 5.91 Å². The minimum atomic E-state index is -0.00343. The number of ether oxygens (including phenoxy) is 1. The molecule has 0 radical (unpaired) electrons. The smallest absolute Gasteiger partial charge is 0.226 e. The number of rotatable bonds is 4. The number of carbonyl (C=O) groups excluding carboxylic acids is 1. The summed E-state index contributed by atoms with van der Waals surface area (Å²) in [5.41, 5.74) is 1.21. The van der Waals surface area contributed by atoms with Crippen LogP contribution in [0.2, 0.25) is 0 Å². The highest BCUT2D eigenvalue weighted by atomic mass is 16.5. The molecule has 1 aromatic heterocycles. The number of nitrogens with one attached hydrogen (secondary N) is 1. The van der Waals surface area contributed by atoms with E-state index in [1.165, 1.54) is 5.56 Å². The molecule has 1 N–H and O–H groups in total.